The van der Waals surface area contributed by atoms with Crippen molar-refractivity contribution >= 4 is 36.5 Å². The van der Waals surface area contributed by atoms with Gasteiger partial charge in [0.1, 0.15) is 6.29 Å². The van der Waals surface area contributed by atoms with Crippen molar-refractivity contribution in [3.05, 3.63) is 35.9 Å². The van der Waals surface area contributed by atoms with Gasteiger partial charge in [-0.1, -0.05) is 28.1 Å². The lowest BCUT2D eigenvalue weighted by Crippen LogP contribution is -1.96. The highest BCUT2D eigenvalue weighted by atomic mass is 79.9. The number of aldehydes is 1. The smallest absolute Gasteiger partial charge is 0.175 e. The molecule has 0 saturated carbocycles. The highest BCUT2D eigenvalue weighted by molar-refractivity contribution is 9.15. The second kappa shape index (κ2) is 4.72. The summed E-state index contributed by atoms with van der Waals surface area (Å²) in [7, 11) is -3.16. The lowest BCUT2D eigenvalue weighted by Gasteiger charge is -2.00. The first kappa shape index (κ1) is 12.1. The Bertz CT molecular complexity index is 486. The molecule has 1 aromatic carbocycles. The van der Waals surface area contributed by atoms with Crippen molar-refractivity contribution in [2.45, 2.75) is 4.90 Å². The maximum Gasteiger partial charge on any atom is 0.175 e. The number of carbonyl (C=O) groups excluding carboxylic acids is 1. The molecule has 0 atom stereocenters. The topological polar surface area (TPSA) is 51.2 Å². The van der Waals surface area contributed by atoms with E-state index in [9.17, 15) is 13.2 Å². The normalized spacial score (nSPS) is 12.5. The van der Waals surface area contributed by atoms with Crippen LogP contribution in [0.4, 0.5) is 0 Å². The molecule has 15 heavy (non-hydrogen) atoms. The zero-order valence-corrected chi connectivity index (χ0v) is 10.4. The Hall–Kier alpha value is -0.940. The predicted octanol–water partition coefficient (Wildman–Crippen LogP) is 2.02. The van der Waals surface area contributed by atoms with Gasteiger partial charge in [0.15, 0.2) is 9.84 Å². The highest BCUT2D eigenvalue weighted by Crippen LogP contribution is 2.21. The van der Waals surface area contributed by atoms with Crippen LogP contribution in [0.15, 0.2) is 35.2 Å². The molecule has 0 aliphatic carbocycles. The number of allylic oxidation sites excluding steroid dienone is 1. The second-order valence-corrected chi connectivity index (χ2v) is 5.82. The number of sulfone groups is 1. The lowest BCUT2D eigenvalue weighted by atomic mass is 10.2. The van der Waals surface area contributed by atoms with Crippen LogP contribution >= 0.6 is 15.9 Å². The molecule has 0 saturated heterocycles. The number of carbonyl (C=O) groups is 1. The molecule has 0 radical (unpaired) electrons. The summed E-state index contributed by atoms with van der Waals surface area (Å²) in [6.07, 6.45) is 3.17. The van der Waals surface area contributed by atoms with Crippen LogP contribution in [0.5, 0.6) is 0 Å². The molecule has 3 nitrogen and oxygen atoms in total. The van der Waals surface area contributed by atoms with Crippen molar-refractivity contribution in [1.82, 2.24) is 0 Å². The fourth-order valence-corrected chi connectivity index (χ4v) is 2.02. The Balaban J connectivity index is 3.11. The van der Waals surface area contributed by atoms with Crippen LogP contribution < -0.4 is 0 Å². The SMILES string of the molecule is CS(=O)(=O)c1ccc(/C(Br)=C/C=O)cc1. The van der Waals surface area contributed by atoms with Crippen molar-refractivity contribution in [1.29, 1.82) is 0 Å². The highest BCUT2D eigenvalue weighted by Gasteiger charge is 2.06. The molecular formula is C10H9BrO3S. The van der Waals surface area contributed by atoms with Crippen LogP contribution in [-0.4, -0.2) is 21.0 Å². The minimum atomic E-state index is -3.16. The van der Waals surface area contributed by atoms with Gasteiger partial charge in [0.05, 0.1) is 4.90 Å². The van der Waals surface area contributed by atoms with Crippen molar-refractivity contribution in [3.8, 4) is 0 Å². The van der Waals surface area contributed by atoms with Gasteiger partial charge in [-0.3, -0.25) is 4.79 Å². The van der Waals surface area contributed by atoms with Gasteiger partial charge in [-0.15, -0.1) is 0 Å². The average Bonchev–Trinajstić information content (AvgIpc) is 2.17. The lowest BCUT2D eigenvalue weighted by molar-refractivity contribution is -0.104. The van der Waals surface area contributed by atoms with Crippen LogP contribution in [0.1, 0.15) is 5.56 Å². The van der Waals surface area contributed by atoms with E-state index in [1.807, 2.05) is 0 Å². The number of rotatable bonds is 3. The summed E-state index contributed by atoms with van der Waals surface area (Å²) in [4.78, 5) is 10.5. The van der Waals surface area contributed by atoms with Gasteiger partial charge >= 0.3 is 0 Å². The Labute approximate surface area is 96.9 Å². The number of hydrogen-bond donors (Lipinski definition) is 0. The molecule has 0 aliphatic heterocycles. The maximum absolute atomic E-state index is 11.2. The Morgan fingerprint density at radius 1 is 1.27 bits per heavy atom. The third kappa shape index (κ3) is 3.28. The molecule has 1 aromatic rings. The van der Waals surface area contributed by atoms with Gasteiger partial charge in [-0.2, -0.15) is 0 Å². The van der Waals surface area contributed by atoms with E-state index < -0.39 is 9.84 Å². The van der Waals surface area contributed by atoms with Gasteiger partial charge in [0.2, 0.25) is 0 Å². The van der Waals surface area contributed by atoms with E-state index in [-0.39, 0.29) is 4.90 Å². The van der Waals surface area contributed by atoms with Crippen molar-refractivity contribution in [3.63, 3.8) is 0 Å². The first-order chi connectivity index (χ1) is 6.95. The maximum atomic E-state index is 11.2. The Kier molecular flexibility index (Phi) is 3.82. The molecule has 0 N–H and O–H groups in total. The van der Waals surface area contributed by atoms with Crippen molar-refractivity contribution in [2.24, 2.45) is 0 Å². The van der Waals surface area contributed by atoms with Gasteiger partial charge < -0.3 is 0 Å². The standard InChI is InChI=1S/C10H9BrO3S/c1-15(13,14)9-4-2-8(3-5-9)10(11)6-7-12/h2-7H,1H3/b10-6-. The Morgan fingerprint density at radius 2 is 1.80 bits per heavy atom. The summed E-state index contributed by atoms with van der Waals surface area (Å²) in [6.45, 7) is 0. The van der Waals surface area contributed by atoms with Gasteiger partial charge in [-0.25, -0.2) is 8.42 Å². The summed E-state index contributed by atoms with van der Waals surface area (Å²) in [6, 6.07) is 6.29. The molecule has 0 aromatic heterocycles. The van der Waals surface area contributed by atoms with Gasteiger partial charge in [0, 0.05) is 10.7 Å². The van der Waals surface area contributed by atoms with E-state index in [2.05, 4.69) is 15.9 Å². The minimum Gasteiger partial charge on any atom is -0.299 e. The first-order valence-electron chi connectivity index (χ1n) is 4.06. The van der Waals surface area contributed by atoms with Crippen molar-refractivity contribution < 1.29 is 13.2 Å². The summed E-state index contributed by atoms with van der Waals surface area (Å²) >= 11 is 3.20. The predicted molar refractivity (Wildman–Crippen MR) is 62.5 cm³/mol. The zero-order chi connectivity index (χ0) is 11.5. The summed E-state index contributed by atoms with van der Waals surface area (Å²) < 4.78 is 22.9. The molecular weight excluding hydrogens is 280 g/mol. The molecule has 0 spiro atoms. The average molecular weight is 289 g/mol. The van der Waals surface area contributed by atoms with E-state index >= 15 is 0 Å². The number of benzene rings is 1. The van der Waals surface area contributed by atoms with Crippen LogP contribution in [0.25, 0.3) is 4.48 Å². The van der Waals surface area contributed by atoms with E-state index in [1.165, 1.54) is 18.2 Å². The summed E-state index contributed by atoms with van der Waals surface area (Å²) in [5.41, 5.74) is 0.759. The Morgan fingerprint density at radius 3 is 2.20 bits per heavy atom. The molecule has 1 rings (SSSR count). The number of halogens is 1. The first-order valence-corrected chi connectivity index (χ1v) is 6.75. The summed E-state index contributed by atoms with van der Waals surface area (Å²) in [5.74, 6) is 0. The molecule has 0 fully saturated rings. The van der Waals surface area contributed by atoms with E-state index in [0.717, 1.165) is 11.8 Å². The third-order valence-corrected chi connectivity index (χ3v) is 3.62. The van der Waals surface area contributed by atoms with Crippen LogP contribution in [0.3, 0.4) is 0 Å². The van der Waals surface area contributed by atoms with E-state index in [1.54, 1.807) is 12.1 Å². The van der Waals surface area contributed by atoms with Gasteiger partial charge in [0.25, 0.3) is 0 Å². The molecule has 5 heteroatoms. The largest absolute Gasteiger partial charge is 0.299 e. The fourth-order valence-electron chi connectivity index (χ4n) is 1.02. The molecule has 0 amide bonds. The molecule has 80 valence electrons. The molecule has 0 unspecified atom stereocenters. The van der Waals surface area contributed by atoms with E-state index in [0.29, 0.717) is 10.8 Å². The second-order valence-electron chi connectivity index (χ2n) is 2.95. The summed E-state index contributed by atoms with van der Waals surface area (Å²) in [5, 5.41) is 0. The minimum absolute atomic E-state index is 0.262. The van der Waals surface area contributed by atoms with Crippen LogP contribution in [-0.2, 0) is 14.6 Å². The molecule has 0 bridgehead atoms. The zero-order valence-electron chi connectivity index (χ0n) is 7.98. The van der Waals surface area contributed by atoms with Gasteiger partial charge in [-0.05, 0) is 23.8 Å². The quantitative estimate of drug-likeness (QED) is 0.632. The monoisotopic (exact) mass is 288 g/mol. The number of hydrogen-bond acceptors (Lipinski definition) is 3. The van der Waals surface area contributed by atoms with E-state index in [4.69, 9.17) is 0 Å². The third-order valence-electron chi connectivity index (χ3n) is 1.77. The molecule has 0 aliphatic rings. The fraction of sp³-hybridized carbons (Fsp3) is 0.100. The molecule has 0 heterocycles. The van der Waals surface area contributed by atoms with Crippen LogP contribution in [0, 0.1) is 0 Å². The van der Waals surface area contributed by atoms with Crippen LogP contribution in [0.2, 0.25) is 0 Å². The van der Waals surface area contributed by atoms with Crippen molar-refractivity contribution in [2.75, 3.05) is 6.26 Å².